The van der Waals surface area contributed by atoms with Gasteiger partial charge >= 0.3 is 11.9 Å². The van der Waals surface area contributed by atoms with Crippen LogP contribution in [0.25, 0.3) is 0 Å². The highest BCUT2D eigenvalue weighted by molar-refractivity contribution is 5.98. The van der Waals surface area contributed by atoms with E-state index >= 15 is 0 Å². The van der Waals surface area contributed by atoms with Crippen molar-refractivity contribution in [1.29, 1.82) is 0 Å². The maximum absolute atomic E-state index is 11.5. The number of amides is 1. The summed E-state index contributed by atoms with van der Waals surface area (Å²) in [5, 5.41) is 19.9. The maximum Gasteiger partial charge on any atom is 0.330 e. The average molecular weight is 251 g/mol. The van der Waals surface area contributed by atoms with Crippen LogP contribution in [0.3, 0.4) is 0 Å². The molecular weight excluding hydrogens is 238 g/mol. The van der Waals surface area contributed by atoms with E-state index in [0.717, 1.165) is 0 Å². The van der Waals surface area contributed by atoms with Crippen molar-refractivity contribution in [3.63, 3.8) is 0 Å². The molecule has 0 spiro atoms. The summed E-state index contributed by atoms with van der Waals surface area (Å²) in [7, 11) is 0. The molecule has 1 aromatic rings. The monoisotopic (exact) mass is 251 g/mol. The van der Waals surface area contributed by atoms with E-state index in [-0.39, 0.29) is 0 Å². The van der Waals surface area contributed by atoms with Gasteiger partial charge in [-0.1, -0.05) is 30.3 Å². The summed E-state index contributed by atoms with van der Waals surface area (Å²) in [5.41, 5.74) is 0.385. The molecule has 1 unspecified atom stereocenters. The molecule has 0 aliphatic heterocycles. The first-order chi connectivity index (χ1) is 8.43. The van der Waals surface area contributed by atoms with E-state index in [0.29, 0.717) is 5.56 Å². The highest BCUT2D eigenvalue weighted by atomic mass is 16.4. The van der Waals surface area contributed by atoms with Crippen LogP contribution in [0.2, 0.25) is 0 Å². The van der Waals surface area contributed by atoms with E-state index in [9.17, 15) is 14.4 Å². The van der Waals surface area contributed by atoms with Gasteiger partial charge in [-0.05, 0) is 12.5 Å². The minimum atomic E-state index is -1.30. The molecule has 0 fully saturated rings. The molecule has 0 saturated heterocycles. The van der Waals surface area contributed by atoms with Crippen LogP contribution in [-0.4, -0.2) is 28.1 Å². The summed E-state index contributed by atoms with van der Waals surface area (Å²) in [5.74, 6) is -4.67. The van der Waals surface area contributed by atoms with E-state index in [2.05, 4.69) is 5.32 Å². The Kier molecular flexibility index (Phi) is 4.42. The Morgan fingerprint density at radius 1 is 1.06 bits per heavy atom. The minimum Gasteiger partial charge on any atom is -0.481 e. The zero-order chi connectivity index (χ0) is 13.7. The average Bonchev–Trinajstić information content (AvgIpc) is 2.35. The topological polar surface area (TPSA) is 104 Å². The van der Waals surface area contributed by atoms with Gasteiger partial charge in [-0.25, -0.2) is 4.79 Å². The van der Waals surface area contributed by atoms with Crippen LogP contribution in [0, 0.1) is 5.92 Å². The van der Waals surface area contributed by atoms with Gasteiger partial charge < -0.3 is 15.5 Å². The predicted octanol–water partition coefficient (Wildman–Crippen LogP) is 0.649. The number of carbonyl (C=O) groups is 3. The molecule has 0 aliphatic carbocycles. The van der Waals surface area contributed by atoms with Crippen molar-refractivity contribution >= 4 is 17.8 Å². The van der Waals surface area contributed by atoms with Crippen molar-refractivity contribution in [1.82, 2.24) is 5.32 Å². The standard InChI is InChI=1S/C12H13NO5/c1-7(11(15)16)10(14)13-9(12(17)18)8-5-3-2-4-6-8/h2-7,9H,1H3,(H,13,14)(H,15,16)(H,17,18)/t7?,9-/m0/s1. The summed E-state index contributed by atoms with van der Waals surface area (Å²) in [4.78, 5) is 33.2. The second-order valence-electron chi connectivity index (χ2n) is 3.75. The summed E-state index contributed by atoms with van der Waals surface area (Å²) in [6.45, 7) is 1.20. The van der Waals surface area contributed by atoms with Crippen molar-refractivity contribution in [3.8, 4) is 0 Å². The van der Waals surface area contributed by atoms with Crippen molar-refractivity contribution in [3.05, 3.63) is 35.9 Å². The van der Waals surface area contributed by atoms with E-state index < -0.39 is 29.8 Å². The van der Waals surface area contributed by atoms with Gasteiger partial charge in [0.25, 0.3) is 0 Å². The van der Waals surface area contributed by atoms with Gasteiger partial charge in [-0.2, -0.15) is 0 Å². The number of nitrogens with one attached hydrogen (secondary N) is 1. The normalized spacial score (nSPS) is 13.4. The molecule has 2 atom stereocenters. The lowest BCUT2D eigenvalue weighted by Gasteiger charge is -2.16. The zero-order valence-electron chi connectivity index (χ0n) is 9.66. The second-order valence-corrected chi connectivity index (χ2v) is 3.75. The molecule has 0 aromatic heterocycles. The Morgan fingerprint density at radius 3 is 2.06 bits per heavy atom. The van der Waals surface area contributed by atoms with Gasteiger partial charge in [0.1, 0.15) is 5.92 Å². The number of carboxylic acids is 2. The molecular formula is C12H13NO5. The fourth-order valence-corrected chi connectivity index (χ4v) is 1.31. The smallest absolute Gasteiger partial charge is 0.330 e. The Morgan fingerprint density at radius 2 is 1.61 bits per heavy atom. The summed E-state index contributed by atoms with van der Waals surface area (Å²) in [6.07, 6.45) is 0. The van der Waals surface area contributed by atoms with E-state index in [1.807, 2.05) is 0 Å². The van der Waals surface area contributed by atoms with E-state index in [4.69, 9.17) is 10.2 Å². The molecule has 0 aliphatic rings. The van der Waals surface area contributed by atoms with Gasteiger partial charge in [0.15, 0.2) is 6.04 Å². The van der Waals surface area contributed by atoms with Crippen LogP contribution in [0.15, 0.2) is 30.3 Å². The second kappa shape index (κ2) is 5.81. The highest BCUT2D eigenvalue weighted by Crippen LogP contribution is 2.13. The van der Waals surface area contributed by atoms with Crippen LogP contribution in [0.1, 0.15) is 18.5 Å². The third-order valence-electron chi connectivity index (χ3n) is 2.43. The first kappa shape index (κ1) is 13.7. The fraction of sp³-hybridized carbons (Fsp3) is 0.250. The van der Waals surface area contributed by atoms with Crippen molar-refractivity contribution in [2.24, 2.45) is 5.92 Å². The molecule has 1 rings (SSSR count). The lowest BCUT2D eigenvalue weighted by molar-refractivity contribution is -0.149. The number of carbonyl (C=O) groups excluding carboxylic acids is 1. The minimum absolute atomic E-state index is 0.385. The summed E-state index contributed by atoms with van der Waals surface area (Å²) >= 11 is 0. The highest BCUT2D eigenvalue weighted by Gasteiger charge is 2.27. The van der Waals surface area contributed by atoms with Crippen LogP contribution in [-0.2, 0) is 14.4 Å². The molecule has 6 nitrogen and oxygen atoms in total. The third kappa shape index (κ3) is 3.31. The number of benzene rings is 1. The molecule has 18 heavy (non-hydrogen) atoms. The van der Waals surface area contributed by atoms with E-state index in [1.165, 1.54) is 6.92 Å². The van der Waals surface area contributed by atoms with Gasteiger partial charge in [-0.15, -0.1) is 0 Å². The van der Waals surface area contributed by atoms with Gasteiger partial charge in [0, 0.05) is 0 Å². The molecule has 1 aromatic carbocycles. The SMILES string of the molecule is CC(C(=O)O)C(=O)N[C@H](C(=O)O)c1ccccc1. The van der Waals surface area contributed by atoms with Crippen LogP contribution >= 0.6 is 0 Å². The number of carboxylic acid groups (broad SMARTS) is 2. The molecule has 1 amide bonds. The fourth-order valence-electron chi connectivity index (χ4n) is 1.31. The first-order valence-electron chi connectivity index (χ1n) is 5.24. The van der Waals surface area contributed by atoms with Crippen LogP contribution in [0.4, 0.5) is 0 Å². The van der Waals surface area contributed by atoms with Gasteiger partial charge in [0.2, 0.25) is 5.91 Å². The third-order valence-corrected chi connectivity index (χ3v) is 2.43. The van der Waals surface area contributed by atoms with Crippen LogP contribution in [0.5, 0.6) is 0 Å². The molecule has 6 heteroatoms. The lowest BCUT2D eigenvalue weighted by atomic mass is 10.1. The summed E-state index contributed by atoms with van der Waals surface area (Å²) in [6, 6.07) is 6.83. The Balaban J connectivity index is 2.86. The number of hydrogen-bond donors (Lipinski definition) is 3. The number of hydrogen-bond acceptors (Lipinski definition) is 3. The Bertz CT molecular complexity index is 457. The quantitative estimate of drug-likeness (QED) is 0.666. The molecule has 96 valence electrons. The predicted molar refractivity (Wildman–Crippen MR) is 61.8 cm³/mol. The van der Waals surface area contributed by atoms with Crippen LogP contribution < -0.4 is 5.32 Å². The number of aliphatic carboxylic acids is 2. The van der Waals surface area contributed by atoms with Crippen molar-refractivity contribution in [2.45, 2.75) is 13.0 Å². The lowest BCUT2D eigenvalue weighted by Crippen LogP contribution is -2.39. The largest absolute Gasteiger partial charge is 0.481 e. The zero-order valence-corrected chi connectivity index (χ0v) is 9.66. The van der Waals surface area contributed by atoms with Crippen molar-refractivity contribution < 1.29 is 24.6 Å². The molecule has 0 radical (unpaired) electrons. The maximum atomic E-state index is 11.5. The van der Waals surface area contributed by atoms with Crippen molar-refractivity contribution in [2.75, 3.05) is 0 Å². The summed E-state index contributed by atoms with van der Waals surface area (Å²) < 4.78 is 0. The first-order valence-corrected chi connectivity index (χ1v) is 5.24. The Hall–Kier alpha value is -2.37. The molecule has 0 bridgehead atoms. The Labute approximate surface area is 103 Å². The molecule has 0 saturated carbocycles. The van der Waals surface area contributed by atoms with E-state index in [1.54, 1.807) is 30.3 Å². The molecule has 0 heterocycles. The van der Waals surface area contributed by atoms with Gasteiger partial charge in [-0.3, -0.25) is 9.59 Å². The molecule has 3 N–H and O–H groups in total. The van der Waals surface area contributed by atoms with Gasteiger partial charge in [0.05, 0.1) is 0 Å². The number of rotatable bonds is 5.